The van der Waals surface area contributed by atoms with E-state index in [1.165, 1.54) is 14.0 Å². The zero-order chi connectivity index (χ0) is 14.6. The molecule has 0 aliphatic carbocycles. The molecule has 2 rings (SSSR count). The van der Waals surface area contributed by atoms with Gasteiger partial charge in [-0.3, -0.25) is 9.59 Å². The van der Waals surface area contributed by atoms with Gasteiger partial charge in [0.1, 0.15) is 0 Å². The van der Waals surface area contributed by atoms with Crippen LogP contribution >= 0.6 is 0 Å². The number of carbonyl (C=O) groups excluding carboxylic acids is 2. The van der Waals surface area contributed by atoms with E-state index in [1.54, 1.807) is 0 Å². The van der Waals surface area contributed by atoms with E-state index in [-0.39, 0.29) is 24.6 Å². The first-order valence-electron chi connectivity index (χ1n) is 6.46. The first-order valence-corrected chi connectivity index (χ1v) is 6.46. The molecule has 1 heterocycles. The molecule has 0 N–H and O–H groups in total. The van der Waals surface area contributed by atoms with Crippen LogP contribution in [0.2, 0.25) is 0 Å². The number of hydrogen-bond donors (Lipinski definition) is 0. The first kappa shape index (κ1) is 14.2. The highest BCUT2D eigenvalue weighted by molar-refractivity contribution is 6.05. The second-order valence-electron chi connectivity index (χ2n) is 4.80. The number of nitrogens with zero attached hydrogens (tertiary/aromatic N) is 1. The zero-order valence-corrected chi connectivity index (χ0v) is 11.6. The van der Waals surface area contributed by atoms with Crippen LogP contribution in [0.3, 0.4) is 0 Å². The number of methoxy groups -OCH3 is 1. The fourth-order valence-electron chi connectivity index (χ4n) is 2.17. The van der Waals surface area contributed by atoms with Crippen molar-refractivity contribution in [1.29, 1.82) is 0 Å². The molecule has 0 fully saturated rings. The van der Waals surface area contributed by atoms with Crippen molar-refractivity contribution in [3.63, 3.8) is 0 Å². The van der Waals surface area contributed by atoms with Crippen LogP contribution in [0, 0.1) is 0 Å². The molecule has 1 unspecified atom stereocenters. The monoisotopic (exact) mass is 275 g/mol. The summed E-state index contributed by atoms with van der Waals surface area (Å²) in [7, 11) is 1.32. The van der Waals surface area contributed by atoms with Crippen LogP contribution in [-0.4, -0.2) is 30.2 Å². The molecular weight excluding hydrogens is 258 g/mol. The third kappa shape index (κ3) is 2.87. The van der Waals surface area contributed by atoms with Crippen molar-refractivity contribution in [3.05, 3.63) is 35.9 Å². The van der Waals surface area contributed by atoms with Gasteiger partial charge in [-0.1, -0.05) is 35.5 Å². The van der Waals surface area contributed by atoms with Crippen LogP contribution < -0.4 is 0 Å². The molecular formula is C15H17NO4. The topological polar surface area (TPSA) is 65.0 Å². The van der Waals surface area contributed by atoms with Gasteiger partial charge < -0.3 is 9.57 Å². The van der Waals surface area contributed by atoms with Crippen molar-refractivity contribution in [2.75, 3.05) is 7.11 Å². The fourth-order valence-corrected chi connectivity index (χ4v) is 2.17. The van der Waals surface area contributed by atoms with Gasteiger partial charge in [0.25, 0.3) is 0 Å². The predicted octanol–water partition coefficient (Wildman–Crippen LogP) is 2.09. The standard InChI is InChI=1S/C15H17NO4/c1-11(17)15(9-8-14(18)19-2)10-13(16-20-15)12-6-4-3-5-7-12/h3-7H,8-10H2,1-2H3. The molecule has 106 valence electrons. The number of benzene rings is 1. The normalized spacial score (nSPS) is 21.0. The molecule has 0 bridgehead atoms. The van der Waals surface area contributed by atoms with Gasteiger partial charge in [0, 0.05) is 19.3 Å². The summed E-state index contributed by atoms with van der Waals surface area (Å²) in [5.74, 6) is -0.488. The molecule has 0 radical (unpaired) electrons. The summed E-state index contributed by atoms with van der Waals surface area (Å²) >= 11 is 0. The Morgan fingerprint density at radius 3 is 2.65 bits per heavy atom. The van der Waals surface area contributed by atoms with E-state index in [9.17, 15) is 9.59 Å². The van der Waals surface area contributed by atoms with Gasteiger partial charge in [0.2, 0.25) is 5.60 Å². The van der Waals surface area contributed by atoms with E-state index in [4.69, 9.17) is 4.84 Å². The minimum atomic E-state index is -1.04. The molecule has 0 saturated heterocycles. The molecule has 1 aromatic carbocycles. The molecule has 0 spiro atoms. The molecule has 5 heteroatoms. The van der Waals surface area contributed by atoms with Crippen LogP contribution in [-0.2, 0) is 19.2 Å². The molecule has 0 saturated carbocycles. The molecule has 1 aliphatic rings. The largest absolute Gasteiger partial charge is 0.469 e. The first-order chi connectivity index (χ1) is 9.57. The molecule has 0 amide bonds. The number of hydrogen-bond acceptors (Lipinski definition) is 5. The Kier molecular flexibility index (Phi) is 4.17. The average molecular weight is 275 g/mol. The minimum Gasteiger partial charge on any atom is -0.469 e. The third-order valence-electron chi connectivity index (χ3n) is 3.49. The maximum absolute atomic E-state index is 11.9. The number of carbonyl (C=O) groups is 2. The van der Waals surface area contributed by atoms with E-state index in [1.807, 2.05) is 30.3 Å². The number of ether oxygens (including phenoxy) is 1. The van der Waals surface area contributed by atoms with Crippen molar-refractivity contribution in [1.82, 2.24) is 0 Å². The molecule has 1 atom stereocenters. The lowest BCUT2D eigenvalue weighted by atomic mass is 9.87. The van der Waals surface area contributed by atoms with Crippen LogP contribution in [0.4, 0.5) is 0 Å². The second-order valence-corrected chi connectivity index (χ2v) is 4.80. The van der Waals surface area contributed by atoms with Crippen molar-refractivity contribution in [3.8, 4) is 0 Å². The fraction of sp³-hybridized carbons (Fsp3) is 0.400. The molecule has 0 aromatic heterocycles. The molecule has 20 heavy (non-hydrogen) atoms. The van der Waals surface area contributed by atoms with Gasteiger partial charge in [-0.25, -0.2) is 0 Å². The smallest absolute Gasteiger partial charge is 0.305 e. The predicted molar refractivity (Wildman–Crippen MR) is 73.3 cm³/mol. The maximum atomic E-state index is 11.9. The SMILES string of the molecule is COC(=O)CCC1(C(C)=O)CC(c2ccccc2)=NO1. The number of rotatable bonds is 5. The highest BCUT2D eigenvalue weighted by Crippen LogP contribution is 2.32. The summed E-state index contributed by atoms with van der Waals surface area (Å²) in [6.07, 6.45) is 0.784. The number of oxime groups is 1. The summed E-state index contributed by atoms with van der Waals surface area (Å²) in [6.45, 7) is 1.46. The Morgan fingerprint density at radius 1 is 1.35 bits per heavy atom. The lowest BCUT2D eigenvalue weighted by Crippen LogP contribution is -2.38. The van der Waals surface area contributed by atoms with Crippen LogP contribution in [0.1, 0.15) is 31.7 Å². The van der Waals surface area contributed by atoms with E-state index in [2.05, 4.69) is 9.89 Å². The van der Waals surface area contributed by atoms with Gasteiger partial charge in [0.05, 0.1) is 12.8 Å². The van der Waals surface area contributed by atoms with Crippen LogP contribution in [0.25, 0.3) is 0 Å². The maximum Gasteiger partial charge on any atom is 0.305 e. The van der Waals surface area contributed by atoms with E-state index in [0.717, 1.165) is 11.3 Å². The van der Waals surface area contributed by atoms with Gasteiger partial charge in [-0.15, -0.1) is 0 Å². The summed E-state index contributed by atoms with van der Waals surface area (Å²) in [5, 5.41) is 4.03. The Hall–Kier alpha value is -2.17. The zero-order valence-electron chi connectivity index (χ0n) is 11.6. The summed E-state index contributed by atoms with van der Waals surface area (Å²) < 4.78 is 4.60. The Balaban J connectivity index is 2.11. The van der Waals surface area contributed by atoms with Crippen LogP contribution in [0.5, 0.6) is 0 Å². The highest BCUT2D eigenvalue weighted by Gasteiger charge is 2.44. The summed E-state index contributed by atoms with van der Waals surface area (Å²) in [5.41, 5.74) is 0.610. The van der Waals surface area contributed by atoms with Crippen molar-refractivity contribution in [2.45, 2.75) is 31.8 Å². The molecule has 1 aliphatic heterocycles. The number of Topliss-reactive ketones (excluding diaryl/α,β-unsaturated/α-hetero) is 1. The van der Waals surface area contributed by atoms with E-state index < -0.39 is 5.60 Å². The van der Waals surface area contributed by atoms with E-state index >= 15 is 0 Å². The average Bonchev–Trinajstić information content (AvgIpc) is 2.91. The molecule has 1 aromatic rings. The molecule has 5 nitrogen and oxygen atoms in total. The Morgan fingerprint density at radius 2 is 2.05 bits per heavy atom. The van der Waals surface area contributed by atoms with E-state index in [0.29, 0.717) is 6.42 Å². The highest BCUT2D eigenvalue weighted by atomic mass is 16.7. The second kappa shape index (κ2) is 5.86. The quantitative estimate of drug-likeness (QED) is 0.772. The van der Waals surface area contributed by atoms with Crippen LogP contribution in [0.15, 0.2) is 35.5 Å². The summed E-state index contributed by atoms with van der Waals surface area (Å²) in [4.78, 5) is 28.5. The van der Waals surface area contributed by atoms with Gasteiger partial charge in [-0.2, -0.15) is 0 Å². The summed E-state index contributed by atoms with van der Waals surface area (Å²) in [6, 6.07) is 9.55. The van der Waals surface area contributed by atoms with Gasteiger partial charge in [0.15, 0.2) is 5.78 Å². The third-order valence-corrected chi connectivity index (χ3v) is 3.49. The Labute approximate surface area is 117 Å². The van der Waals surface area contributed by atoms with Gasteiger partial charge >= 0.3 is 5.97 Å². The minimum absolute atomic E-state index is 0.129. The van der Waals surface area contributed by atoms with Gasteiger partial charge in [-0.05, 0) is 12.5 Å². The van der Waals surface area contributed by atoms with Crippen molar-refractivity contribution < 1.29 is 19.2 Å². The number of ketones is 1. The lowest BCUT2D eigenvalue weighted by Gasteiger charge is -2.22. The lowest BCUT2D eigenvalue weighted by molar-refractivity contribution is -0.146. The van der Waals surface area contributed by atoms with Crippen molar-refractivity contribution in [2.24, 2.45) is 5.16 Å². The number of esters is 1. The van der Waals surface area contributed by atoms with Crippen molar-refractivity contribution >= 4 is 17.5 Å². The Bertz CT molecular complexity index is 538.